The summed E-state index contributed by atoms with van der Waals surface area (Å²) in [7, 11) is 1.58. The van der Waals surface area contributed by atoms with Crippen LogP contribution in [0.2, 0.25) is 5.02 Å². The summed E-state index contributed by atoms with van der Waals surface area (Å²) in [4.78, 5) is 11.6. The molecule has 0 saturated heterocycles. The van der Waals surface area contributed by atoms with E-state index in [9.17, 15) is 15.0 Å². The van der Waals surface area contributed by atoms with E-state index in [-0.39, 0.29) is 22.1 Å². The van der Waals surface area contributed by atoms with Crippen molar-refractivity contribution in [2.45, 2.75) is 32.1 Å². The number of rotatable bonds is 3. The number of ether oxygens (including phenoxy) is 1. The Morgan fingerprint density at radius 1 is 1.20 bits per heavy atom. The normalized spacial score (nSPS) is 37.0. The summed E-state index contributed by atoms with van der Waals surface area (Å²) >= 11 is 6.35. The first-order valence-corrected chi connectivity index (χ1v) is 9.36. The van der Waals surface area contributed by atoms with Crippen molar-refractivity contribution in [3.63, 3.8) is 0 Å². The van der Waals surface area contributed by atoms with Gasteiger partial charge in [0.05, 0.1) is 23.3 Å². The minimum atomic E-state index is -0.270. The Morgan fingerprint density at radius 2 is 1.84 bits per heavy atom. The second-order valence-corrected chi connectivity index (χ2v) is 8.64. The quantitative estimate of drug-likeness (QED) is 0.620. The Morgan fingerprint density at radius 3 is 2.40 bits per heavy atom. The van der Waals surface area contributed by atoms with Crippen molar-refractivity contribution in [3.8, 4) is 11.5 Å². The summed E-state index contributed by atoms with van der Waals surface area (Å²) in [6.45, 7) is 0. The monoisotopic (exact) mass is 360 g/mol. The molecular formula is C20H21ClO4. The van der Waals surface area contributed by atoms with Crippen LogP contribution in [0.1, 0.15) is 48.0 Å². The van der Waals surface area contributed by atoms with Gasteiger partial charge >= 0.3 is 0 Å². The van der Waals surface area contributed by atoms with Crippen LogP contribution in [0.25, 0.3) is 5.76 Å². The van der Waals surface area contributed by atoms with E-state index in [2.05, 4.69) is 0 Å². The molecule has 4 aliphatic rings. The van der Waals surface area contributed by atoms with Crippen molar-refractivity contribution in [1.29, 1.82) is 0 Å². The highest BCUT2D eigenvalue weighted by Crippen LogP contribution is 2.77. The van der Waals surface area contributed by atoms with E-state index in [1.54, 1.807) is 7.11 Å². The molecule has 0 radical (unpaired) electrons. The van der Waals surface area contributed by atoms with Crippen LogP contribution in [0.3, 0.4) is 0 Å². The van der Waals surface area contributed by atoms with Gasteiger partial charge in [0.15, 0.2) is 6.29 Å². The molecule has 4 unspecified atom stereocenters. The number of aromatic hydroxyl groups is 2. The van der Waals surface area contributed by atoms with Crippen molar-refractivity contribution < 1.29 is 19.7 Å². The first kappa shape index (κ1) is 15.6. The van der Waals surface area contributed by atoms with E-state index in [1.165, 1.54) is 37.7 Å². The Labute approximate surface area is 151 Å². The molecule has 4 nitrogen and oxygen atoms in total. The topological polar surface area (TPSA) is 66.8 Å². The van der Waals surface area contributed by atoms with Crippen molar-refractivity contribution in [2.75, 3.05) is 7.11 Å². The molecule has 4 aliphatic carbocycles. The zero-order chi connectivity index (χ0) is 17.5. The number of halogens is 1. The standard InChI is InChI=1S/C20H21ClO4/c1-25-19(17-13(8-22)14(23)5-15(24)18(17)21)16-9-2-11-4-12-3-10(16)7-20(11,12)6-9/h5,8-12,23-24H,2-4,6-7H2,1H3. The largest absolute Gasteiger partial charge is 0.507 e. The van der Waals surface area contributed by atoms with Gasteiger partial charge in [-0.15, -0.1) is 0 Å². The second kappa shape index (κ2) is 4.94. The molecule has 4 atom stereocenters. The zero-order valence-electron chi connectivity index (χ0n) is 14.1. The smallest absolute Gasteiger partial charge is 0.154 e. The molecule has 1 aromatic rings. The summed E-state index contributed by atoms with van der Waals surface area (Å²) in [6.07, 6.45) is 6.75. The number of benzene rings is 1. The van der Waals surface area contributed by atoms with Crippen LogP contribution in [0.5, 0.6) is 11.5 Å². The van der Waals surface area contributed by atoms with E-state index < -0.39 is 0 Å². The molecule has 0 aromatic heterocycles. The summed E-state index contributed by atoms with van der Waals surface area (Å²) in [5.74, 6) is 2.68. The Balaban J connectivity index is 1.74. The first-order chi connectivity index (χ1) is 12.0. The maximum atomic E-state index is 11.6. The lowest BCUT2D eigenvalue weighted by Crippen LogP contribution is -2.41. The number of carbonyl (C=O) groups is 1. The van der Waals surface area contributed by atoms with Gasteiger partial charge in [0, 0.05) is 6.07 Å². The number of fused-ring (bicyclic) bond motifs is 2. The minimum Gasteiger partial charge on any atom is -0.507 e. The van der Waals surface area contributed by atoms with Gasteiger partial charge in [-0.25, -0.2) is 0 Å². The van der Waals surface area contributed by atoms with Crippen LogP contribution < -0.4 is 0 Å². The van der Waals surface area contributed by atoms with Crippen LogP contribution in [0.4, 0.5) is 0 Å². The SMILES string of the molecule is COC(=C1C2CC3CC4CC1CC34C2)c1c(Cl)c(O)cc(O)c1C=O. The lowest BCUT2D eigenvalue weighted by atomic mass is 9.56. The maximum Gasteiger partial charge on any atom is 0.154 e. The third kappa shape index (κ3) is 1.76. The fraction of sp³-hybridized carbons (Fsp3) is 0.550. The van der Waals surface area contributed by atoms with Crippen LogP contribution >= 0.6 is 11.6 Å². The number of hydrogen-bond acceptors (Lipinski definition) is 4. The van der Waals surface area contributed by atoms with Crippen molar-refractivity contribution in [3.05, 3.63) is 27.8 Å². The Bertz CT molecular complexity index is 801. The van der Waals surface area contributed by atoms with Crippen LogP contribution in [-0.4, -0.2) is 23.6 Å². The number of hydrogen-bond donors (Lipinski definition) is 2. The zero-order valence-corrected chi connectivity index (χ0v) is 14.8. The molecule has 1 aromatic carbocycles. The molecule has 25 heavy (non-hydrogen) atoms. The maximum absolute atomic E-state index is 11.6. The van der Waals surface area contributed by atoms with Gasteiger partial charge in [-0.2, -0.15) is 0 Å². The van der Waals surface area contributed by atoms with Gasteiger partial charge in [0.1, 0.15) is 17.3 Å². The molecule has 0 aliphatic heterocycles. The van der Waals surface area contributed by atoms with Crippen molar-refractivity contribution in [1.82, 2.24) is 0 Å². The first-order valence-electron chi connectivity index (χ1n) is 8.98. The lowest BCUT2D eigenvalue weighted by Gasteiger charge is -2.49. The fourth-order valence-electron chi connectivity index (χ4n) is 6.70. The summed E-state index contributed by atoms with van der Waals surface area (Å²) in [5.41, 5.74) is 2.24. The highest BCUT2D eigenvalue weighted by Gasteiger charge is 2.68. The van der Waals surface area contributed by atoms with Gasteiger partial charge in [0.2, 0.25) is 0 Å². The van der Waals surface area contributed by atoms with E-state index in [1.807, 2.05) is 0 Å². The van der Waals surface area contributed by atoms with Crippen LogP contribution in [0.15, 0.2) is 11.6 Å². The highest BCUT2D eigenvalue weighted by atomic mass is 35.5. The summed E-state index contributed by atoms with van der Waals surface area (Å²) in [5, 5.41) is 20.3. The molecule has 4 fully saturated rings. The van der Waals surface area contributed by atoms with Gasteiger partial charge in [-0.3, -0.25) is 4.79 Å². The molecule has 3 bridgehead atoms. The molecule has 5 heteroatoms. The number of aldehydes is 1. The fourth-order valence-corrected chi connectivity index (χ4v) is 6.94. The van der Waals surface area contributed by atoms with Gasteiger partial charge in [-0.1, -0.05) is 11.6 Å². The van der Waals surface area contributed by atoms with E-state index in [0.29, 0.717) is 34.9 Å². The number of phenols is 2. The van der Waals surface area contributed by atoms with Gasteiger partial charge in [-0.05, 0) is 66.8 Å². The third-order valence-corrected chi connectivity index (χ3v) is 7.92. The Kier molecular flexibility index (Phi) is 3.08. The molecule has 2 N–H and O–H groups in total. The summed E-state index contributed by atoms with van der Waals surface area (Å²) in [6, 6.07) is 1.11. The van der Waals surface area contributed by atoms with Crippen LogP contribution in [0, 0.1) is 29.1 Å². The number of allylic oxidation sites excluding steroid dienone is 1. The van der Waals surface area contributed by atoms with Gasteiger partial charge < -0.3 is 14.9 Å². The average Bonchev–Trinajstić information content (AvgIpc) is 2.95. The van der Waals surface area contributed by atoms with Crippen molar-refractivity contribution in [2.24, 2.45) is 29.1 Å². The predicted octanol–water partition coefficient (Wildman–Crippen LogP) is 4.38. The molecule has 0 heterocycles. The second-order valence-electron chi connectivity index (χ2n) is 8.26. The predicted molar refractivity (Wildman–Crippen MR) is 93.6 cm³/mol. The van der Waals surface area contributed by atoms with Crippen LogP contribution in [-0.2, 0) is 4.74 Å². The van der Waals surface area contributed by atoms with Crippen molar-refractivity contribution >= 4 is 23.6 Å². The molecule has 1 spiro atoms. The Hall–Kier alpha value is -1.68. The van der Waals surface area contributed by atoms with E-state index >= 15 is 0 Å². The lowest BCUT2D eigenvalue weighted by molar-refractivity contribution is 0.00178. The highest BCUT2D eigenvalue weighted by molar-refractivity contribution is 6.34. The van der Waals surface area contributed by atoms with E-state index in [0.717, 1.165) is 17.9 Å². The minimum absolute atomic E-state index is 0.0715. The molecule has 4 saturated carbocycles. The molecule has 132 valence electrons. The van der Waals surface area contributed by atoms with E-state index in [4.69, 9.17) is 16.3 Å². The third-order valence-electron chi connectivity index (χ3n) is 7.54. The number of phenolic OH excluding ortho intramolecular Hbond substituents is 2. The number of carbonyl (C=O) groups excluding carboxylic acids is 1. The molecule has 0 amide bonds. The molecular weight excluding hydrogens is 340 g/mol. The average molecular weight is 361 g/mol. The number of methoxy groups -OCH3 is 1. The molecule has 5 rings (SSSR count). The van der Waals surface area contributed by atoms with Gasteiger partial charge in [0.25, 0.3) is 0 Å². The summed E-state index contributed by atoms with van der Waals surface area (Å²) < 4.78 is 5.77.